The molecule has 0 aliphatic heterocycles. The third kappa shape index (κ3) is 2.20. The summed E-state index contributed by atoms with van der Waals surface area (Å²) < 4.78 is 36.5. The van der Waals surface area contributed by atoms with E-state index in [0.29, 0.717) is 11.3 Å². The molecule has 84 valence electrons. The van der Waals surface area contributed by atoms with Crippen molar-refractivity contribution in [1.82, 2.24) is 10.2 Å². The van der Waals surface area contributed by atoms with Gasteiger partial charge in [-0.15, -0.1) is 10.2 Å². The van der Waals surface area contributed by atoms with Gasteiger partial charge >= 0.3 is 6.18 Å². The summed E-state index contributed by atoms with van der Waals surface area (Å²) in [5, 5.41) is 17.3. The van der Waals surface area contributed by atoms with E-state index in [4.69, 9.17) is 5.11 Å². The standard InChI is InChI=1S/C7H8F3N3OS/c8-7(9,10)4-12-13-5(15-4)11-6(3-14)1-2-6/h14H,1-3H2,(H,11,13). The number of rotatable bonds is 3. The molecule has 1 aliphatic rings. The van der Waals surface area contributed by atoms with Gasteiger partial charge in [-0.3, -0.25) is 0 Å². The Balaban J connectivity index is 2.08. The Labute approximate surface area is 87.1 Å². The Kier molecular flexibility index (Phi) is 2.34. The first-order valence-electron chi connectivity index (χ1n) is 4.25. The maximum atomic E-state index is 12.2. The highest BCUT2D eigenvalue weighted by Crippen LogP contribution is 2.40. The van der Waals surface area contributed by atoms with Crippen molar-refractivity contribution < 1.29 is 18.3 Å². The highest BCUT2D eigenvalue weighted by Gasteiger charge is 2.43. The van der Waals surface area contributed by atoms with Crippen LogP contribution in [0.4, 0.5) is 18.3 Å². The second kappa shape index (κ2) is 3.31. The summed E-state index contributed by atoms with van der Waals surface area (Å²) in [6, 6.07) is 0. The molecular weight excluding hydrogens is 231 g/mol. The minimum atomic E-state index is -4.45. The molecule has 0 unspecified atom stereocenters. The van der Waals surface area contributed by atoms with Crippen LogP contribution in [-0.4, -0.2) is 27.4 Å². The third-order valence-corrected chi connectivity index (χ3v) is 3.08. The van der Waals surface area contributed by atoms with Crippen molar-refractivity contribution in [1.29, 1.82) is 0 Å². The van der Waals surface area contributed by atoms with Crippen LogP contribution in [-0.2, 0) is 6.18 Å². The fourth-order valence-electron chi connectivity index (χ4n) is 1.09. The van der Waals surface area contributed by atoms with Crippen LogP contribution < -0.4 is 5.32 Å². The zero-order valence-electron chi connectivity index (χ0n) is 7.51. The molecule has 1 aromatic rings. The van der Waals surface area contributed by atoms with E-state index < -0.39 is 16.7 Å². The number of anilines is 1. The summed E-state index contributed by atoms with van der Waals surface area (Å²) in [6.07, 6.45) is -2.97. The van der Waals surface area contributed by atoms with Crippen molar-refractivity contribution >= 4 is 16.5 Å². The summed E-state index contributed by atoms with van der Waals surface area (Å²) in [6.45, 7) is -0.103. The molecule has 0 bridgehead atoms. The second-order valence-corrected chi connectivity index (χ2v) is 4.45. The molecule has 15 heavy (non-hydrogen) atoms. The van der Waals surface area contributed by atoms with E-state index in [2.05, 4.69) is 15.5 Å². The maximum Gasteiger partial charge on any atom is 0.445 e. The molecule has 8 heteroatoms. The minimum absolute atomic E-state index is 0.103. The molecule has 2 rings (SSSR count). The fourth-order valence-corrected chi connectivity index (χ4v) is 1.82. The molecule has 2 N–H and O–H groups in total. The van der Waals surface area contributed by atoms with Gasteiger partial charge in [0.05, 0.1) is 12.1 Å². The first-order valence-corrected chi connectivity index (χ1v) is 5.07. The number of nitrogens with one attached hydrogen (secondary N) is 1. The van der Waals surface area contributed by atoms with Gasteiger partial charge in [-0.05, 0) is 12.8 Å². The molecular formula is C7H8F3N3OS. The molecule has 4 nitrogen and oxygen atoms in total. The molecule has 1 aliphatic carbocycles. The minimum Gasteiger partial charge on any atom is -0.394 e. The summed E-state index contributed by atoms with van der Waals surface area (Å²) in [5.74, 6) is 0. The molecule has 1 aromatic heterocycles. The molecule has 0 aromatic carbocycles. The van der Waals surface area contributed by atoms with Crippen LogP contribution in [0.25, 0.3) is 0 Å². The van der Waals surface area contributed by atoms with E-state index in [1.54, 1.807) is 0 Å². The lowest BCUT2D eigenvalue weighted by atomic mass is 10.3. The molecule has 0 amide bonds. The van der Waals surface area contributed by atoms with Crippen molar-refractivity contribution in [2.24, 2.45) is 0 Å². The number of alkyl halides is 3. The first kappa shape index (κ1) is 10.6. The highest BCUT2D eigenvalue weighted by atomic mass is 32.1. The van der Waals surface area contributed by atoms with Crippen LogP contribution in [0.1, 0.15) is 17.8 Å². The zero-order chi connectivity index (χ0) is 11.1. The number of nitrogens with zero attached hydrogens (tertiary/aromatic N) is 2. The summed E-state index contributed by atoms with van der Waals surface area (Å²) in [5.41, 5.74) is -0.470. The topological polar surface area (TPSA) is 58.0 Å². The summed E-state index contributed by atoms with van der Waals surface area (Å²) in [4.78, 5) is 0. The van der Waals surface area contributed by atoms with Crippen molar-refractivity contribution in [3.63, 3.8) is 0 Å². The molecule has 0 radical (unpaired) electrons. The van der Waals surface area contributed by atoms with Gasteiger partial charge < -0.3 is 10.4 Å². The predicted molar refractivity (Wildman–Crippen MR) is 47.6 cm³/mol. The Morgan fingerprint density at radius 1 is 1.40 bits per heavy atom. The predicted octanol–water partition coefficient (Wildman–Crippen LogP) is 1.49. The van der Waals surface area contributed by atoms with Crippen LogP contribution in [0.5, 0.6) is 0 Å². The lowest BCUT2D eigenvalue weighted by Gasteiger charge is -2.11. The second-order valence-electron chi connectivity index (χ2n) is 3.47. The lowest BCUT2D eigenvalue weighted by molar-refractivity contribution is -0.138. The number of hydrogen-bond acceptors (Lipinski definition) is 5. The SMILES string of the molecule is OCC1(Nc2nnc(C(F)(F)F)s2)CC1. The van der Waals surface area contributed by atoms with Crippen LogP contribution in [0.2, 0.25) is 0 Å². The number of hydrogen-bond donors (Lipinski definition) is 2. The van der Waals surface area contributed by atoms with Crippen molar-refractivity contribution in [3.8, 4) is 0 Å². The average molecular weight is 239 g/mol. The van der Waals surface area contributed by atoms with E-state index in [1.807, 2.05) is 0 Å². The normalized spacial score (nSPS) is 18.9. The van der Waals surface area contributed by atoms with Gasteiger partial charge in [-0.2, -0.15) is 13.2 Å². The van der Waals surface area contributed by atoms with E-state index in [9.17, 15) is 13.2 Å². The van der Waals surface area contributed by atoms with E-state index in [1.165, 1.54) is 0 Å². The summed E-state index contributed by atoms with van der Waals surface area (Å²) in [7, 11) is 0. The number of aliphatic hydroxyl groups is 1. The van der Waals surface area contributed by atoms with Gasteiger partial charge in [-0.1, -0.05) is 11.3 Å². The van der Waals surface area contributed by atoms with Crippen molar-refractivity contribution in [2.75, 3.05) is 11.9 Å². The number of aliphatic hydroxyl groups excluding tert-OH is 1. The average Bonchev–Trinajstić information content (AvgIpc) is 2.73. The monoisotopic (exact) mass is 239 g/mol. The third-order valence-electron chi connectivity index (χ3n) is 2.20. The fraction of sp³-hybridized carbons (Fsp3) is 0.714. The lowest BCUT2D eigenvalue weighted by Crippen LogP contribution is -2.25. The van der Waals surface area contributed by atoms with Crippen LogP contribution in [0.3, 0.4) is 0 Å². The number of halogens is 3. The smallest absolute Gasteiger partial charge is 0.394 e. The quantitative estimate of drug-likeness (QED) is 0.839. The van der Waals surface area contributed by atoms with E-state index in [0.717, 1.165) is 12.8 Å². The number of aromatic nitrogens is 2. The molecule has 0 spiro atoms. The van der Waals surface area contributed by atoms with Gasteiger partial charge in [0.25, 0.3) is 0 Å². The van der Waals surface area contributed by atoms with Crippen molar-refractivity contribution in [3.05, 3.63) is 5.01 Å². The van der Waals surface area contributed by atoms with Gasteiger partial charge in [0.15, 0.2) is 0 Å². The Bertz CT molecular complexity index is 361. The highest BCUT2D eigenvalue weighted by molar-refractivity contribution is 7.15. The maximum absolute atomic E-state index is 12.2. The van der Waals surface area contributed by atoms with Crippen LogP contribution in [0.15, 0.2) is 0 Å². The van der Waals surface area contributed by atoms with Crippen molar-refractivity contribution in [2.45, 2.75) is 24.6 Å². The molecule has 1 fully saturated rings. The summed E-state index contributed by atoms with van der Waals surface area (Å²) >= 11 is 0.453. The zero-order valence-corrected chi connectivity index (χ0v) is 8.32. The van der Waals surface area contributed by atoms with E-state index in [-0.39, 0.29) is 11.7 Å². The van der Waals surface area contributed by atoms with Crippen LogP contribution >= 0.6 is 11.3 Å². The Morgan fingerprint density at radius 3 is 2.47 bits per heavy atom. The van der Waals surface area contributed by atoms with E-state index >= 15 is 0 Å². The van der Waals surface area contributed by atoms with Gasteiger partial charge in [-0.25, -0.2) is 0 Å². The largest absolute Gasteiger partial charge is 0.445 e. The van der Waals surface area contributed by atoms with Gasteiger partial charge in [0.2, 0.25) is 10.1 Å². The molecule has 1 heterocycles. The van der Waals surface area contributed by atoms with Gasteiger partial charge in [0, 0.05) is 0 Å². The first-order chi connectivity index (χ1) is 6.95. The Morgan fingerprint density at radius 2 is 2.07 bits per heavy atom. The van der Waals surface area contributed by atoms with Gasteiger partial charge in [0.1, 0.15) is 0 Å². The Hall–Kier alpha value is -0.890. The molecule has 1 saturated carbocycles. The van der Waals surface area contributed by atoms with Crippen LogP contribution in [0, 0.1) is 0 Å². The molecule has 0 saturated heterocycles. The molecule has 0 atom stereocenters.